The number of carbonyl (C=O) groups excluding carboxylic acids is 2. The number of furan rings is 1. The number of nitrogens with zero attached hydrogens (tertiary/aromatic N) is 3. The van der Waals surface area contributed by atoms with E-state index in [0.29, 0.717) is 16.6 Å². The van der Waals surface area contributed by atoms with E-state index >= 15 is 0 Å². The summed E-state index contributed by atoms with van der Waals surface area (Å²) in [6.45, 7) is 6.44. The van der Waals surface area contributed by atoms with Gasteiger partial charge >= 0.3 is 0 Å². The molecule has 10 heteroatoms. The molecule has 0 radical (unpaired) electrons. The number of hydrogen-bond donors (Lipinski definition) is 1. The minimum absolute atomic E-state index is 0.108. The molecule has 1 aliphatic rings. The maximum atomic E-state index is 13.6. The van der Waals surface area contributed by atoms with Gasteiger partial charge in [-0.1, -0.05) is 38.4 Å². The van der Waals surface area contributed by atoms with Crippen LogP contribution in [0.25, 0.3) is 5.69 Å². The van der Waals surface area contributed by atoms with Crippen LogP contribution in [0, 0.1) is 0 Å². The minimum Gasteiger partial charge on any atom is -0.467 e. The maximum absolute atomic E-state index is 13.6. The van der Waals surface area contributed by atoms with Gasteiger partial charge in [0.05, 0.1) is 35.2 Å². The average molecular weight is 555 g/mol. The highest BCUT2D eigenvalue weighted by molar-refractivity contribution is 8.00. The monoisotopic (exact) mass is 554 g/mol. The predicted molar refractivity (Wildman–Crippen MR) is 149 cm³/mol. The number of aromatic nitrogens is 2. The van der Waals surface area contributed by atoms with E-state index in [-0.39, 0.29) is 41.3 Å². The van der Waals surface area contributed by atoms with Crippen molar-refractivity contribution in [1.82, 2.24) is 15.1 Å². The van der Waals surface area contributed by atoms with Gasteiger partial charge in [-0.25, -0.2) is 4.68 Å². The van der Waals surface area contributed by atoms with Gasteiger partial charge in [-0.3, -0.25) is 14.5 Å². The third-order valence-corrected chi connectivity index (χ3v) is 8.23. The van der Waals surface area contributed by atoms with Crippen molar-refractivity contribution in [2.24, 2.45) is 0 Å². The Hall–Kier alpha value is -3.01. The number of amides is 2. The second kappa shape index (κ2) is 10.4. The number of rotatable bonds is 6. The number of thiophene rings is 1. The van der Waals surface area contributed by atoms with E-state index in [0.717, 1.165) is 22.5 Å². The Bertz CT molecular complexity index is 1410. The molecule has 0 fully saturated rings. The van der Waals surface area contributed by atoms with Crippen molar-refractivity contribution < 1.29 is 14.0 Å². The van der Waals surface area contributed by atoms with Gasteiger partial charge in [0.15, 0.2) is 0 Å². The molecule has 0 saturated carbocycles. The first-order valence-corrected chi connectivity index (χ1v) is 14.2. The molecule has 3 aromatic heterocycles. The van der Waals surface area contributed by atoms with Crippen molar-refractivity contribution in [2.45, 2.75) is 38.0 Å². The highest BCUT2D eigenvalue weighted by Crippen LogP contribution is 2.48. The van der Waals surface area contributed by atoms with Gasteiger partial charge in [-0.05, 0) is 52.7 Å². The molecule has 37 heavy (non-hydrogen) atoms. The van der Waals surface area contributed by atoms with Crippen molar-refractivity contribution in [3.05, 3.63) is 87.1 Å². The Morgan fingerprint density at radius 2 is 2.08 bits per heavy atom. The Morgan fingerprint density at radius 3 is 2.76 bits per heavy atom. The molecule has 2 amide bonds. The number of thioether (sulfide) groups is 1. The zero-order chi connectivity index (χ0) is 26.2. The molecule has 0 bridgehead atoms. The first kappa shape index (κ1) is 25.6. The first-order chi connectivity index (χ1) is 17.7. The number of nitrogens with one attached hydrogen (secondary N) is 1. The van der Waals surface area contributed by atoms with Gasteiger partial charge in [-0.15, -0.1) is 11.8 Å². The molecule has 7 nitrogen and oxygen atoms in total. The summed E-state index contributed by atoms with van der Waals surface area (Å²) < 4.78 is 7.10. The summed E-state index contributed by atoms with van der Waals surface area (Å²) in [4.78, 5) is 28.3. The fourth-order valence-electron chi connectivity index (χ4n) is 4.35. The lowest BCUT2D eigenvalue weighted by Gasteiger charge is -2.24. The standard InChI is InChI=1S/C27H27ClN4O3S2/c1-27(2,3)25-23-24(17-9-11-36-15-17)37-16-22(34)31(14-21(33)29-13-20-8-5-10-35-20)26(23)32(30-25)19-7-4-6-18(28)12-19/h4-12,15,24H,13-14,16H2,1-3H3,(H,29,33). The van der Waals surface area contributed by atoms with Gasteiger partial charge < -0.3 is 9.73 Å². The van der Waals surface area contributed by atoms with Crippen LogP contribution >= 0.6 is 34.7 Å². The first-order valence-electron chi connectivity index (χ1n) is 11.8. The molecule has 192 valence electrons. The van der Waals surface area contributed by atoms with Gasteiger partial charge in [0.25, 0.3) is 0 Å². The summed E-state index contributed by atoms with van der Waals surface area (Å²) >= 11 is 9.55. The highest BCUT2D eigenvalue weighted by Gasteiger charge is 2.40. The fraction of sp³-hybridized carbons (Fsp3) is 0.296. The molecular formula is C27H27ClN4O3S2. The van der Waals surface area contributed by atoms with Crippen molar-refractivity contribution in [2.75, 3.05) is 17.2 Å². The maximum Gasteiger partial charge on any atom is 0.240 e. The Labute approximate surface area is 228 Å². The fourth-order valence-corrected chi connectivity index (χ4v) is 6.49. The largest absolute Gasteiger partial charge is 0.467 e. The molecule has 1 atom stereocenters. The Morgan fingerprint density at radius 1 is 1.24 bits per heavy atom. The molecule has 1 N–H and O–H groups in total. The van der Waals surface area contributed by atoms with Crippen LogP contribution in [0.3, 0.4) is 0 Å². The van der Waals surface area contributed by atoms with E-state index in [9.17, 15) is 9.59 Å². The van der Waals surface area contributed by atoms with E-state index < -0.39 is 0 Å². The van der Waals surface area contributed by atoms with E-state index in [4.69, 9.17) is 21.1 Å². The summed E-state index contributed by atoms with van der Waals surface area (Å²) in [5.74, 6) is 1.04. The van der Waals surface area contributed by atoms with Gasteiger partial charge in [0.1, 0.15) is 18.1 Å². The summed E-state index contributed by atoms with van der Waals surface area (Å²) in [7, 11) is 0. The topological polar surface area (TPSA) is 80.4 Å². The van der Waals surface area contributed by atoms with Gasteiger partial charge in [0, 0.05) is 16.0 Å². The molecule has 0 aliphatic carbocycles. The molecule has 0 saturated heterocycles. The molecule has 0 spiro atoms. The van der Waals surface area contributed by atoms with E-state index in [1.807, 2.05) is 23.6 Å². The number of benzene rings is 1. The molecule has 1 unspecified atom stereocenters. The van der Waals surface area contributed by atoms with Crippen LogP contribution in [0.4, 0.5) is 5.82 Å². The highest BCUT2D eigenvalue weighted by atomic mass is 35.5. The lowest BCUT2D eigenvalue weighted by Crippen LogP contribution is -2.42. The van der Waals surface area contributed by atoms with Crippen LogP contribution < -0.4 is 10.2 Å². The average Bonchev–Trinajstić information content (AvgIpc) is 3.61. The van der Waals surface area contributed by atoms with Crippen LogP contribution in [0.1, 0.15) is 48.6 Å². The van der Waals surface area contributed by atoms with Crippen LogP contribution in [0.5, 0.6) is 0 Å². The van der Waals surface area contributed by atoms with Crippen molar-refractivity contribution >= 4 is 52.3 Å². The summed E-state index contributed by atoms with van der Waals surface area (Å²) in [6.07, 6.45) is 1.56. The van der Waals surface area contributed by atoms with Crippen molar-refractivity contribution in [3.8, 4) is 5.69 Å². The normalized spacial score (nSPS) is 15.9. The molecule has 4 aromatic rings. The number of fused-ring (bicyclic) bond motifs is 1. The molecule has 5 rings (SSSR count). The van der Waals surface area contributed by atoms with Gasteiger partial charge in [-0.2, -0.15) is 16.4 Å². The second-order valence-corrected chi connectivity index (χ2v) is 12.1. The number of anilines is 1. The zero-order valence-corrected chi connectivity index (χ0v) is 23.1. The third-order valence-electron chi connectivity index (χ3n) is 6.04. The zero-order valence-electron chi connectivity index (χ0n) is 20.7. The van der Waals surface area contributed by atoms with E-state index in [1.54, 1.807) is 57.1 Å². The lowest BCUT2D eigenvalue weighted by molar-refractivity contribution is -0.123. The van der Waals surface area contributed by atoms with Crippen LogP contribution in [0.2, 0.25) is 5.02 Å². The second-order valence-electron chi connectivity index (χ2n) is 9.81. The minimum atomic E-state index is -0.316. The Kier molecular flexibility index (Phi) is 7.20. The van der Waals surface area contributed by atoms with E-state index in [2.05, 4.69) is 37.5 Å². The molecule has 1 aliphatic heterocycles. The number of carbonyl (C=O) groups is 2. The van der Waals surface area contributed by atoms with Crippen molar-refractivity contribution in [3.63, 3.8) is 0 Å². The lowest BCUT2D eigenvalue weighted by atomic mass is 9.87. The van der Waals surface area contributed by atoms with Crippen LogP contribution in [-0.2, 0) is 21.5 Å². The number of halogens is 1. The third kappa shape index (κ3) is 5.35. The summed E-state index contributed by atoms with van der Waals surface area (Å²) in [6, 6.07) is 13.0. The molecular weight excluding hydrogens is 528 g/mol. The number of hydrogen-bond acceptors (Lipinski definition) is 6. The SMILES string of the molecule is CC(C)(C)c1nn(-c2cccc(Cl)c2)c2c1C(c1ccsc1)SCC(=O)N2CC(=O)NCc1ccco1. The molecule has 1 aromatic carbocycles. The Balaban J connectivity index is 1.65. The summed E-state index contributed by atoms with van der Waals surface area (Å²) in [5, 5.41) is 12.5. The van der Waals surface area contributed by atoms with Gasteiger partial charge in [0.2, 0.25) is 11.8 Å². The predicted octanol–water partition coefficient (Wildman–Crippen LogP) is 5.96. The quantitative estimate of drug-likeness (QED) is 0.318. The molecule has 4 heterocycles. The van der Waals surface area contributed by atoms with Crippen LogP contribution in [0.15, 0.2) is 63.9 Å². The van der Waals surface area contributed by atoms with Crippen molar-refractivity contribution in [1.29, 1.82) is 0 Å². The van der Waals surface area contributed by atoms with Crippen LogP contribution in [-0.4, -0.2) is 33.9 Å². The smallest absolute Gasteiger partial charge is 0.240 e. The van der Waals surface area contributed by atoms with E-state index in [1.165, 1.54) is 0 Å². The summed E-state index contributed by atoms with van der Waals surface area (Å²) in [5.41, 5.74) is 3.35.